The van der Waals surface area contributed by atoms with Crippen molar-refractivity contribution < 1.29 is 14.4 Å². The highest BCUT2D eigenvalue weighted by Gasteiger charge is 2.25. The number of benzene rings is 1. The molecule has 23 heavy (non-hydrogen) atoms. The van der Waals surface area contributed by atoms with Crippen LogP contribution in [0.15, 0.2) is 30.3 Å². The maximum Gasteiger partial charge on any atom is 0.220 e. The smallest absolute Gasteiger partial charge is 0.220 e. The summed E-state index contributed by atoms with van der Waals surface area (Å²) < 4.78 is 0. The molecular formula is C18H26N2O3. The van der Waals surface area contributed by atoms with Crippen LogP contribution in [-0.4, -0.2) is 30.7 Å². The lowest BCUT2D eigenvalue weighted by atomic mass is 9.85. The van der Waals surface area contributed by atoms with Crippen molar-refractivity contribution >= 4 is 18.1 Å². The van der Waals surface area contributed by atoms with Crippen molar-refractivity contribution in [1.82, 2.24) is 10.6 Å². The minimum Gasteiger partial charge on any atom is -0.353 e. The van der Waals surface area contributed by atoms with Gasteiger partial charge in [0.15, 0.2) is 0 Å². The molecular weight excluding hydrogens is 292 g/mol. The predicted molar refractivity (Wildman–Crippen MR) is 89.8 cm³/mol. The summed E-state index contributed by atoms with van der Waals surface area (Å²) in [4.78, 5) is 34.1. The van der Waals surface area contributed by atoms with E-state index in [1.807, 2.05) is 51.1 Å². The van der Waals surface area contributed by atoms with Crippen LogP contribution in [0, 0.1) is 5.41 Å². The molecule has 2 N–H and O–H groups in total. The molecule has 5 nitrogen and oxygen atoms in total. The SMILES string of the molecule is CC(Cc1ccccc1)NC(=O)CC(C)(C)CC(=O)NCC=O. The van der Waals surface area contributed by atoms with Crippen LogP contribution in [0.25, 0.3) is 0 Å². The molecule has 0 aromatic heterocycles. The molecule has 0 fully saturated rings. The van der Waals surface area contributed by atoms with Crippen LogP contribution in [0.1, 0.15) is 39.2 Å². The summed E-state index contributed by atoms with van der Waals surface area (Å²) in [5.41, 5.74) is 0.719. The van der Waals surface area contributed by atoms with Crippen molar-refractivity contribution in [2.45, 2.75) is 46.1 Å². The van der Waals surface area contributed by atoms with Gasteiger partial charge in [0, 0.05) is 18.9 Å². The lowest BCUT2D eigenvalue weighted by Crippen LogP contribution is -2.38. The fourth-order valence-corrected chi connectivity index (χ4v) is 2.49. The first kappa shape index (κ1) is 18.9. The summed E-state index contributed by atoms with van der Waals surface area (Å²) in [7, 11) is 0. The molecule has 0 aliphatic carbocycles. The number of rotatable bonds is 9. The number of aldehydes is 1. The zero-order chi connectivity index (χ0) is 17.3. The van der Waals surface area contributed by atoms with E-state index in [0.29, 0.717) is 6.29 Å². The maximum atomic E-state index is 12.2. The van der Waals surface area contributed by atoms with E-state index >= 15 is 0 Å². The molecule has 0 aliphatic rings. The van der Waals surface area contributed by atoms with E-state index in [-0.39, 0.29) is 37.2 Å². The van der Waals surface area contributed by atoms with E-state index in [1.54, 1.807) is 0 Å². The second-order valence-electron chi connectivity index (χ2n) is 6.65. The predicted octanol–water partition coefficient (Wildman–Crippen LogP) is 1.86. The minimum atomic E-state index is -0.455. The molecule has 1 unspecified atom stereocenters. The van der Waals surface area contributed by atoms with Crippen molar-refractivity contribution in [2.24, 2.45) is 5.41 Å². The van der Waals surface area contributed by atoms with Crippen LogP contribution in [-0.2, 0) is 20.8 Å². The molecule has 0 spiro atoms. The average Bonchev–Trinajstić information content (AvgIpc) is 2.44. The Morgan fingerprint density at radius 3 is 2.35 bits per heavy atom. The van der Waals surface area contributed by atoms with Crippen molar-refractivity contribution in [3.8, 4) is 0 Å². The lowest BCUT2D eigenvalue weighted by molar-refractivity contribution is -0.127. The van der Waals surface area contributed by atoms with Crippen molar-refractivity contribution in [3.63, 3.8) is 0 Å². The van der Waals surface area contributed by atoms with Gasteiger partial charge in [0.25, 0.3) is 0 Å². The lowest BCUT2D eigenvalue weighted by Gasteiger charge is -2.24. The van der Waals surface area contributed by atoms with Crippen LogP contribution in [0.3, 0.4) is 0 Å². The summed E-state index contributed by atoms with van der Waals surface area (Å²) in [5.74, 6) is -0.283. The van der Waals surface area contributed by atoms with Crippen molar-refractivity contribution in [3.05, 3.63) is 35.9 Å². The van der Waals surface area contributed by atoms with Crippen molar-refractivity contribution in [2.75, 3.05) is 6.54 Å². The third kappa shape index (κ3) is 8.14. The number of hydrogen-bond acceptors (Lipinski definition) is 3. The maximum absolute atomic E-state index is 12.2. The second-order valence-corrected chi connectivity index (χ2v) is 6.65. The van der Waals surface area contributed by atoms with Crippen molar-refractivity contribution in [1.29, 1.82) is 0 Å². The summed E-state index contributed by atoms with van der Waals surface area (Å²) in [5, 5.41) is 5.47. The van der Waals surface area contributed by atoms with E-state index in [1.165, 1.54) is 5.56 Å². The Bertz CT molecular complexity index is 526. The molecule has 1 atom stereocenters. The molecule has 0 radical (unpaired) electrons. The van der Waals surface area contributed by atoms with Gasteiger partial charge in [0.1, 0.15) is 6.29 Å². The normalized spacial score (nSPS) is 12.3. The van der Waals surface area contributed by atoms with Gasteiger partial charge in [-0.05, 0) is 24.3 Å². The molecule has 0 saturated carbocycles. The van der Waals surface area contributed by atoms with E-state index in [2.05, 4.69) is 10.6 Å². The largest absolute Gasteiger partial charge is 0.353 e. The van der Waals surface area contributed by atoms with Crippen LogP contribution >= 0.6 is 0 Å². The van der Waals surface area contributed by atoms with Gasteiger partial charge in [-0.1, -0.05) is 44.2 Å². The number of carbonyl (C=O) groups excluding carboxylic acids is 3. The zero-order valence-electron chi connectivity index (χ0n) is 14.1. The molecule has 2 amide bonds. The van der Waals surface area contributed by atoms with E-state index in [9.17, 15) is 14.4 Å². The van der Waals surface area contributed by atoms with Gasteiger partial charge < -0.3 is 15.4 Å². The number of carbonyl (C=O) groups is 3. The standard InChI is InChI=1S/C18H26N2O3/c1-14(11-15-7-5-4-6-8-15)20-17(23)13-18(2,3)12-16(22)19-9-10-21/h4-8,10,14H,9,11-13H2,1-3H3,(H,19,22)(H,20,23). The third-order valence-electron chi connectivity index (χ3n) is 3.45. The number of amides is 2. The first-order chi connectivity index (χ1) is 10.8. The summed E-state index contributed by atoms with van der Waals surface area (Å²) in [6.07, 6.45) is 1.89. The Morgan fingerprint density at radius 2 is 1.74 bits per heavy atom. The number of hydrogen-bond donors (Lipinski definition) is 2. The molecule has 1 rings (SSSR count). The van der Waals surface area contributed by atoms with E-state index in [4.69, 9.17) is 0 Å². The quantitative estimate of drug-likeness (QED) is 0.682. The van der Waals surface area contributed by atoms with E-state index in [0.717, 1.165) is 6.42 Å². The van der Waals surface area contributed by atoms with Crippen LogP contribution in [0.2, 0.25) is 0 Å². The van der Waals surface area contributed by atoms with Gasteiger partial charge in [0.05, 0.1) is 6.54 Å². The first-order valence-corrected chi connectivity index (χ1v) is 7.86. The molecule has 1 aromatic carbocycles. The second kappa shape index (κ2) is 9.08. The Balaban J connectivity index is 2.41. The van der Waals surface area contributed by atoms with E-state index < -0.39 is 5.41 Å². The zero-order valence-corrected chi connectivity index (χ0v) is 14.1. The molecule has 0 aliphatic heterocycles. The monoisotopic (exact) mass is 318 g/mol. The Kier molecular flexibility index (Phi) is 7.45. The Labute approximate surface area is 137 Å². The fraction of sp³-hybridized carbons (Fsp3) is 0.500. The van der Waals surface area contributed by atoms with Gasteiger partial charge >= 0.3 is 0 Å². The highest BCUT2D eigenvalue weighted by Crippen LogP contribution is 2.24. The first-order valence-electron chi connectivity index (χ1n) is 7.86. The third-order valence-corrected chi connectivity index (χ3v) is 3.45. The minimum absolute atomic E-state index is 0.00915. The van der Waals surface area contributed by atoms with Crippen LogP contribution in [0.4, 0.5) is 0 Å². The average molecular weight is 318 g/mol. The molecule has 0 saturated heterocycles. The van der Waals surface area contributed by atoms with Gasteiger partial charge in [0.2, 0.25) is 11.8 Å². The Morgan fingerprint density at radius 1 is 1.13 bits per heavy atom. The topological polar surface area (TPSA) is 75.3 Å². The fourth-order valence-electron chi connectivity index (χ4n) is 2.49. The van der Waals surface area contributed by atoms with Crippen LogP contribution < -0.4 is 10.6 Å². The van der Waals surface area contributed by atoms with Crippen LogP contribution in [0.5, 0.6) is 0 Å². The summed E-state index contributed by atoms with van der Waals surface area (Å²) >= 11 is 0. The van der Waals surface area contributed by atoms with Gasteiger partial charge in [-0.3, -0.25) is 9.59 Å². The summed E-state index contributed by atoms with van der Waals surface area (Å²) in [6.45, 7) is 5.72. The molecule has 0 heterocycles. The molecule has 1 aromatic rings. The van der Waals surface area contributed by atoms with Gasteiger partial charge in [-0.2, -0.15) is 0 Å². The highest BCUT2D eigenvalue weighted by molar-refractivity contribution is 5.81. The summed E-state index contributed by atoms with van der Waals surface area (Å²) in [6, 6.07) is 10.0. The molecule has 126 valence electrons. The van der Waals surface area contributed by atoms with Gasteiger partial charge in [-0.25, -0.2) is 0 Å². The molecule has 0 bridgehead atoms. The number of nitrogens with one attached hydrogen (secondary N) is 2. The Hall–Kier alpha value is -2.17. The highest BCUT2D eigenvalue weighted by atomic mass is 16.2. The molecule has 5 heteroatoms. The van der Waals surface area contributed by atoms with Gasteiger partial charge in [-0.15, -0.1) is 0 Å².